The molecule has 2 aromatic heterocycles. The molecule has 4 heteroatoms. The summed E-state index contributed by atoms with van der Waals surface area (Å²) in [6, 6.07) is 32.8. The number of fused-ring (bicyclic) bond motifs is 1. The van der Waals surface area contributed by atoms with E-state index in [0.717, 1.165) is 46.0 Å². The van der Waals surface area contributed by atoms with Crippen molar-refractivity contribution >= 4 is 23.0 Å². The highest BCUT2D eigenvalue weighted by molar-refractivity contribution is 5.75. The van der Waals surface area contributed by atoms with Crippen molar-refractivity contribution in [2.75, 3.05) is 10.2 Å². The lowest BCUT2D eigenvalue weighted by Gasteiger charge is -2.24. The number of allylic oxidation sites excluding steroid dienone is 3. The first-order chi connectivity index (χ1) is 16.3. The van der Waals surface area contributed by atoms with Crippen molar-refractivity contribution in [1.82, 2.24) is 9.97 Å². The third-order valence-corrected chi connectivity index (χ3v) is 6.08. The SMILES string of the molecule is C1=CC2CC2C=C1Nc1cccc(-c2cccc(N(c3ccccc3)c3ccccc3)n2)n1. The summed E-state index contributed by atoms with van der Waals surface area (Å²) in [5, 5.41) is 3.46. The fraction of sp³-hybridized carbons (Fsp3) is 0.103. The molecule has 33 heavy (non-hydrogen) atoms. The molecule has 0 spiro atoms. The van der Waals surface area contributed by atoms with Crippen molar-refractivity contribution in [3.05, 3.63) is 121 Å². The molecule has 0 bridgehead atoms. The highest BCUT2D eigenvalue weighted by atomic mass is 15.2. The van der Waals surface area contributed by atoms with Gasteiger partial charge in [-0.2, -0.15) is 0 Å². The van der Waals surface area contributed by atoms with E-state index in [9.17, 15) is 0 Å². The van der Waals surface area contributed by atoms with Gasteiger partial charge in [-0.1, -0.05) is 60.7 Å². The van der Waals surface area contributed by atoms with Crippen LogP contribution in [0.2, 0.25) is 0 Å². The second-order valence-electron chi connectivity index (χ2n) is 8.47. The van der Waals surface area contributed by atoms with Crippen molar-refractivity contribution in [2.45, 2.75) is 6.42 Å². The molecule has 2 atom stereocenters. The summed E-state index contributed by atoms with van der Waals surface area (Å²) >= 11 is 0. The van der Waals surface area contributed by atoms with Crippen LogP contribution in [0.15, 0.2) is 121 Å². The normalized spacial score (nSPS) is 18.2. The molecule has 2 unspecified atom stereocenters. The molecule has 1 fully saturated rings. The largest absolute Gasteiger partial charge is 0.340 e. The number of rotatable bonds is 6. The van der Waals surface area contributed by atoms with Crippen LogP contribution in [0.4, 0.5) is 23.0 Å². The number of pyridine rings is 2. The van der Waals surface area contributed by atoms with E-state index in [-0.39, 0.29) is 0 Å². The molecule has 0 saturated heterocycles. The molecule has 0 amide bonds. The number of benzene rings is 2. The molecule has 0 radical (unpaired) electrons. The van der Waals surface area contributed by atoms with Crippen molar-refractivity contribution in [2.24, 2.45) is 11.8 Å². The first kappa shape index (κ1) is 19.5. The Balaban J connectivity index is 1.34. The Bertz CT molecular complexity index is 1290. The molecule has 2 aromatic carbocycles. The molecule has 4 aromatic rings. The Hall–Kier alpha value is -4.18. The van der Waals surface area contributed by atoms with E-state index < -0.39 is 0 Å². The molecule has 2 aliphatic carbocycles. The second-order valence-corrected chi connectivity index (χ2v) is 8.47. The van der Waals surface area contributed by atoms with Gasteiger partial charge in [0.15, 0.2) is 0 Å². The van der Waals surface area contributed by atoms with E-state index in [1.54, 1.807) is 0 Å². The number of para-hydroxylation sites is 2. The van der Waals surface area contributed by atoms with Crippen LogP contribution in [-0.4, -0.2) is 9.97 Å². The number of aromatic nitrogens is 2. The Morgan fingerprint density at radius 1 is 0.667 bits per heavy atom. The number of hydrogen-bond donors (Lipinski definition) is 1. The van der Waals surface area contributed by atoms with Gasteiger partial charge in [0.2, 0.25) is 0 Å². The molecule has 160 valence electrons. The zero-order valence-electron chi connectivity index (χ0n) is 18.2. The van der Waals surface area contributed by atoms with Crippen LogP contribution in [0.3, 0.4) is 0 Å². The van der Waals surface area contributed by atoms with E-state index in [4.69, 9.17) is 9.97 Å². The summed E-state index contributed by atoms with van der Waals surface area (Å²) in [7, 11) is 0. The van der Waals surface area contributed by atoms with Crippen LogP contribution in [-0.2, 0) is 0 Å². The summed E-state index contributed by atoms with van der Waals surface area (Å²) in [6.07, 6.45) is 8.04. The van der Waals surface area contributed by atoms with E-state index in [1.165, 1.54) is 6.42 Å². The van der Waals surface area contributed by atoms with Crippen molar-refractivity contribution in [3.63, 3.8) is 0 Å². The highest BCUT2D eigenvalue weighted by Crippen LogP contribution is 2.44. The lowest BCUT2D eigenvalue weighted by molar-refractivity contribution is 0.964. The minimum Gasteiger partial charge on any atom is -0.340 e. The van der Waals surface area contributed by atoms with Crippen LogP contribution in [0.5, 0.6) is 0 Å². The molecular weight excluding hydrogens is 404 g/mol. The van der Waals surface area contributed by atoms with Gasteiger partial charge in [-0.05, 0) is 72.9 Å². The average Bonchev–Trinajstić information content (AvgIpc) is 3.65. The lowest BCUT2D eigenvalue weighted by Crippen LogP contribution is -2.11. The maximum atomic E-state index is 5.01. The quantitative estimate of drug-likeness (QED) is 0.355. The highest BCUT2D eigenvalue weighted by Gasteiger charge is 2.35. The topological polar surface area (TPSA) is 41.0 Å². The molecule has 0 aliphatic heterocycles. The summed E-state index contributed by atoms with van der Waals surface area (Å²) in [5.74, 6) is 3.13. The zero-order chi connectivity index (χ0) is 22.0. The van der Waals surface area contributed by atoms with E-state index in [0.29, 0.717) is 5.92 Å². The first-order valence-corrected chi connectivity index (χ1v) is 11.4. The number of nitrogens with zero attached hydrogens (tertiary/aromatic N) is 3. The molecule has 1 saturated carbocycles. The predicted octanol–water partition coefficient (Wildman–Crippen LogP) is 7.12. The van der Waals surface area contributed by atoms with Gasteiger partial charge in [-0.15, -0.1) is 0 Å². The van der Waals surface area contributed by atoms with Crippen LogP contribution in [0.1, 0.15) is 6.42 Å². The molecule has 1 N–H and O–H groups in total. The molecule has 2 heterocycles. The first-order valence-electron chi connectivity index (χ1n) is 11.4. The minimum atomic E-state index is 0.695. The smallest absolute Gasteiger partial charge is 0.138 e. The van der Waals surface area contributed by atoms with E-state index in [1.807, 2.05) is 72.8 Å². The fourth-order valence-electron chi connectivity index (χ4n) is 4.30. The van der Waals surface area contributed by atoms with Gasteiger partial charge in [0.1, 0.15) is 11.6 Å². The minimum absolute atomic E-state index is 0.695. The maximum absolute atomic E-state index is 5.01. The third kappa shape index (κ3) is 4.15. The Morgan fingerprint density at radius 3 is 2.03 bits per heavy atom. The standard InChI is InChI=1S/C29H24N4/c1-3-9-24(10-4-1)33(25-11-5-2-6-12-25)29-16-8-14-27(32-29)26-13-7-15-28(31-26)30-23-18-17-21-19-22(21)20-23/h1-18,20-22H,19H2,(H,30,31). The lowest BCUT2D eigenvalue weighted by atomic mass is 10.1. The zero-order valence-corrected chi connectivity index (χ0v) is 18.2. The van der Waals surface area contributed by atoms with Crippen LogP contribution in [0.25, 0.3) is 11.4 Å². The van der Waals surface area contributed by atoms with Gasteiger partial charge in [0.05, 0.1) is 11.4 Å². The van der Waals surface area contributed by atoms with E-state index in [2.05, 4.69) is 52.7 Å². The summed E-state index contributed by atoms with van der Waals surface area (Å²) < 4.78 is 0. The molecular formula is C29H24N4. The Kier molecular flexibility index (Phi) is 4.96. The number of hydrogen-bond acceptors (Lipinski definition) is 4. The van der Waals surface area contributed by atoms with Gasteiger partial charge in [-0.3, -0.25) is 4.90 Å². The Morgan fingerprint density at radius 2 is 1.33 bits per heavy atom. The van der Waals surface area contributed by atoms with Crippen LogP contribution < -0.4 is 10.2 Å². The van der Waals surface area contributed by atoms with Crippen molar-refractivity contribution in [3.8, 4) is 11.4 Å². The molecule has 6 rings (SSSR count). The number of nitrogens with one attached hydrogen (secondary N) is 1. The van der Waals surface area contributed by atoms with Crippen LogP contribution >= 0.6 is 0 Å². The Labute approximate surface area is 194 Å². The summed E-state index contributed by atoms with van der Waals surface area (Å²) in [6.45, 7) is 0. The van der Waals surface area contributed by atoms with Gasteiger partial charge in [0.25, 0.3) is 0 Å². The van der Waals surface area contributed by atoms with Gasteiger partial charge >= 0.3 is 0 Å². The second kappa shape index (κ2) is 8.40. The molecule has 2 aliphatic rings. The van der Waals surface area contributed by atoms with Crippen molar-refractivity contribution in [1.29, 1.82) is 0 Å². The van der Waals surface area contributed by atoms with Crippen molar-refractivity contribution < 1.29 is 0 Å². The van der Waals surface area contributed by atoms with Crippen LogP contribution in [0, 0.1) is 11.8 Å². The van der Waals surface area contributed by atoms with Gasteiger partial charge < -0.3 is 5.32 Å². The average molecular weight is 429 g/mol. The predicted molar refractivity (Wildman–Crippen MR) is 135 cm³/mol. The van der Waals surface area contributed by atoms with E-state index >= 15 is 0 Å². The summed E-state index contributed by atoms with van der Waals surface area (Å²) in [5.41, 5.74) is 4.92. The van der Waals surface area contributed by atoms with Gasteiger partial charge in [0, 0.05) is 17.1 Å². The summed E-state index contributed by atoms with van der Waals surface area (Å²) in [4.78, 5) is 12.0. The fourth-order valence-corrected chi connectivity index (χ4v) is 4.30. The number of anilines is 4. The molecule has 4 nitrogen and oxygen atoms in total. The third-order valence-electron chi connectivity index (χ3n) is 6.08. The monoisotopic (exact) mass is 428 g/mol. The van der Waals surface area contributed by atoms with Gasteiger partial charge in [-0.25, -0.2) is 9.97 Å². The maximum Gasteiger partial charge on any atom is 0.138 e.